The van der Waals surface area contributed by atoms with E-state index in [0.29, 0.717) is 9.79 Å². The van der Waals surface area contributed by atoms with Crippen molar-refractivity contribution in [3.63, 3.8) is 0 Å². The fourth-order valence-electron chi connectivity index (χ4n) is 7.41. The molecule has 0 fully saturated rings. The van der Waals surface area contributed by atoms with Crippen LogP contribution in [-0.4, -0.2) is 8.42 Å². The van der Waals surface area contributed by atoms with E-state index in [2.05, 4.69) is 201 Å². The van der Waals surface area contributed by atoms with Gasteiger partial charge in [0.2, 0.25) is 9.84 Å². The van der Waals surface area contributed by atoms with Crippen LogP contribution in [-0.2, 0) is 16.3 Å². The van der Waals surface area contributed by atoms with E-state index in [-0.39, 0.29) is 0 Å². The van der Waals surface area contributed by atoms with Crippen LogP contribution < -0.4 is 4.74 Å². The van der Waals surface area contributed by atoms with Crippen molar-refractivity contribution in [1.82, 2.24) is 0 Å². The lowest BCUT2D eigenvalue weighted by Crippen LogP contribution is -2.01. The van der Waals surface area contributed by atoms with Crippen molar-refractivity contribution < 1.29 is 13.2 Å². The summed E-state index contributed by atoms with van der Waals surface area (Å²) >= 11 is 1.80. The Kier molecular flexibility index (Phi) is 21.8. The van der Waals surface area contributed by atoms with Crippen LogP contribution in [0, 0.1) is 69.2 Å². The Bertz CT molecular complexity index is 2950. The second-order valence-corrected chi connectivity index (χ2v) is 22.6. The fraction of sp³-hybridized carbons (Fsp3) is 0.155. The topological polar surface area (TPSA) is 43.4 Å². The molecular weight excluding hydrogens is 965 g/mol. The molecule has 0 aliphatic rings. The average Bonchev–Trinajstić information content (AvgIpc) is 3.42. The van der Waals surface area contributed by atoms with Crippen molar-refractivity contribution in [2.75, 3.05) is 0 Å². The maximum Gasteiger partial charge on any atom is 0.206 e. The summed E-state index contributed by atoms with van der Waals surface area (Å²) in [6, 6.07) is 81.9. The molecule has 10 aromatic carbocycles. The third-order valence-electron chi connectivity index (χ3n) is 12.3. The van der Waals surface area contributed by atoms with E-state index in [4.69, 9.17) is 4.74 Å². The SMILES string of the molecule is Cc1ccc(-c2ccc(C)cc2)cc1.Cc1ccc(Cc2ccc(C)cc2)cc1.Cc1ccc(Oc2ccc(C)cc2)cc1.Cc1ccc(S(=O)(=O)c2ccc(C)cc2)cc1.Cc1ccc(Sc2ccc(C)cc2)cc1. The number of sulfone groups is 1. The Morgan fingerprint density at radius 1 is 0.276 bits per heavy atom. The zero-order valence-corrected chi connectivity index (χ0v) is 47.5. The molecule has 10 rings (SSSR count). The summed E-state index contributed by atoms with van der Waals surface area (Å²) in [6.45, 7) is 20.7. The largest absolute Gasteiger partial charge is 0.457 e. The standard InChI is InChI=1S/C15H16.C14H14O2S.C14H14O.C14H14S.C14H14/c1-12-3-7-14(8-4-12)11-15-9-5-13(2)6-10-15;1-11-3-7-13(8-4-11)17(15,16)14-9-5-12(2)6-10-14;2*1-11-3-7-13(8-4-11)15-14-9-5-12(2)6-10-14;1-11-3-7-13(8-4-11)14-9-5-12(2)6-10-14/h3-10H,11H2,1-2H3;3-10H,1-2H3;2*3-10H,1-2H3;3-10H,1-2H3. The van der Waals surface area contributed by atoms with E-state index in [0.717, 1.165) is 29.0 Å². The van der Waals surface area contributed by atoms with Gasteiger partial charge in [0.1, 0.15) is 11.5 Å². The number of hydrogen-bond donors (Lipinski definition) is 0. The molecule has 0 bridgehead atoms. The normalized spacial score (nSPS) is 10.4. The van der Waals surface area contributed by atoms with Crippen molar-refractivity contribution in [2.24, 2.45) is 0 Å². The molecule has 0 saturated heterocycles. The summed E-state index contributed by atoms with van der Waals surface area (Å²) in [7, 11) is -3.37. The van der Waals surface area contributed by atoms with Crippen molar-refractivity contribution in [3.05, 3.63) is 309 Å². The van der Waals surface area contributed by atoms with Gasteiger partial charge in [-0.15, -0.1) is 0 Å². The van der Waals surface area contributed by atoms with E-state index in [1.165, 1.54) is 76.6 Å². The fourth-order valence-corrected chi connectivity index (χ4v) is 9.49. The first-order valence-electron chi connectivity index (χ1n) is 25.7. The van der Waals surface area contributed by atoms with Gasteiger partial charge in [0.05, 0.1) is 9.79 Å². The van der Waals surface area contributed by atoms with E-state index < -0.39 is 9.84 Å². The predicted molar refractivity (Wildman–Crippen MR) is 323 cm³/mol. The Labute approximate surface area is 459 Å². The first-order chi connectivity index (χ1) is 36.5. The Morgan fingerprint density at radius 3 is 0.750 bits per heavy atom. The van der Waals surface area contributed by atoms with Gasteiger partial charge in [-0.2, -0.15) is 0 Å². The first-order valence-corrected chi connectivity index (χ1v) is 28.0. The molecule has 0 N–H and O–H groups in total. The highest BCUT2D eigenvalue weighted by Gasteiger charge is 2.16. The van der Waals surface area contributed by atoms with Crippen LogP contribution in [0.3, 0.4) is 0 Å². The second kappa shape index (κ2) is 28.8. The van der Waals surface area contributed by atoms with Gasteiger partial charge < -0.3 is 4.74 Å². The zero-order valence-electron chi connectivity index (χ0n) is 45.8. The minimum absolute atomic E-state index is 0.340. The molecule has 0 amide bonds. The first kappa shape index (κ1) is 57.6. The molecule has 10 aromatic rings. The molecular formula is C71H72O3S2. The molecule has 76 heavy (non-hydrogen) atoms. The van der Waals surface area contributed by atoms with Crippen LogP contribution >= 0.6 is 11.8 Å². The molecule has 0 aliphatic carbocycles. The van der Waals surface area contributed by atoms with Crippen LogP contribution in [0.4, 0.5) is 0 Å². The molecule has 386 valence electrons. The van der Waals surface area contributed by atoms with Crippen LogP contribution in [0.25, 0.3) is 11.1 Å². The quantitative estimate of drug-likeness (QED) is 0.144. The molecule has 0 spiro atoms. The highest BCUT2D eigenvalue weighted by atomic mass is 32.2. The Balaban J connectivity index is 0.000000154. The van der Waals surface area contributed by atoms with Gasteiger partial charge >= 0.3 is 0 Å². The highest BCUT2D eigenvalue weighted by Crippen LogP contribution is 2.28. The predicted octanol–water partition coefficient (Wildman–Crippen LogP) is 19.6. The maximum atomic E-state index is 12.3. The zero-order chi connectivity index (χ0) is 54.5. The molecule has 5 heteroatoms. The third-order valence-corrected chi connectivity index (χ3v) is 15.1. The maximum absolute atomic E-state index is 12.3. The summed E-state index contributed by atoms with van der Waals surface area (Å²) in [5.74, 6) is 1.76. The molecule has 0 heterocycles. The van der Waals surface area contributed by atoms with Gasteiger partial charge in [0.25, 0.3) is 0 Å². The van der Waals surface area contributed by atoms with Crippen molar-refractivity contribution >= 4 is 21.6 Å². The molecule has 0 unspecified atom stereocenters. The summed E-state index contributed by atoms with van der Waals surface area (Å²) in [5, 5.41) is 0. The van der Waals surface area contributed by atoms with Crippen LogP contribution in [0.2, 0.25) is 0 Å². The molecule has 0 atom stereocenters. The monoisotopic (exact) mass is 1040 g/mol. The summed E-state index contributed by atoms with van der Waals surface area (Å²) < 4.78 is 30.2. The lowest BCUT2D eigenvalue weighted by atomic mass is 10.0. The second-order valence-electron chi connectivity index (χ2n) is 19.5. The Hall–Kier alpha value is -7.70. The molecule has 0 radical (unpaired) electrons. The summed E-state index contributed by atoms with van der Waals surface area (Å²) in [5.41, 5.74) is 17.8. The number of hydrogen-bond acceptors (Lipinski definition) is 4. The minimum Gasteiger partial charge on any atom is -0.457 e. The van der Waals surface area contributed by atoms with Crippen LogP contribution in [0.5, 0.6) is 11.5 Å². The molecule has 0 aromatic heterocycles. The van der Waals surface area contributed by atoms with Crippen molar-refractivity contribution in [2.45, 2.75) is 95.2 Å². The van der Waals surface area contributed by atoms with Gasteiger partial charge in [-0.1, -0.05) is 237 Å². The number of aryl methyl sites for hydroxylation is 10. The Morgan fingerprint density at radius 2 is 0.487 bits per heavy atom. The lowest BCUT2D eigenvalue weighted by Gasteiger charge is -2.05. The van der Waals surface area contributed by atoms with E-state index in [1.807, 2.05) is 62.4 Å². The average molecular weight is 1040 g/mol. The molecule has 3 nitrogen and oxygen atoms in total. The highest BCUT2D eigenvalue weighted by molar-refractivity contribution is 7.99. The van der Waals surface area contributed by atoms with Gasteiger partial charge in [-0.05, 0) is 171 Å². The third kappa shape index (κ3) is 19.5. The van der Waals surface area contributed by atoms with Gasteiger partial charge in [0.15, 0.2) is 0 Å². The van der Waals surface area contributed by atoms with E-state index >= 15 is 0 Å². The smallest absolute Gasteiger partial charge is 0.206 e. The number of benzene rings is 10. The van der Waals surface area contributed by atoms with Crippen molar-refractivity contribution in [3.8, 4) is 22.6 Å². The van der Waals surface area contributed by atoms with E-state index in [1.54, 1.807) is 60.3 Å². The van der Waals surface area contributed by atoms with E-state index in [9.17, 15) is 8.42 Å². The minimum atomic E-state index is -3.37. The van der Waals surface area contributed by atoms with Gasteiger partial charge in [-0.3, -0.25) is 0 Å². The number of rotatable bonds is 9. The number of ether oxygens (including phenoxy) is 1. The van der Waals surface area contributed by atoms with Crippen LogP contribution in [0.1, 0.15) is 66.8 Å². The summed E-state index contributed by atoms with van der Waals surface area (Å²) in [6.07, 6.45) is 1.03. The molecule has 0 saturated carbocycles. The van der Waals surface area contributed by atoms with Crippen molar-refractivity contribution in [1.29, 1.82) is 0 Å². The molecule has 0 aliphatic heterocycles. The van der Waals surface area contributed by atoms with Gasteiger partial charge in [-0.25, -0.2) is 8.42 Å². The lowest BCUT2D eigenvalue weighted by molar-refractivity contribution is 0.482. The van der Waals surface area contributed by atoms with Crippen LogP contribution in [0.15, 0.2) is 262 Å². The van der Waals surface area contributed by atoms with Gasteiger partial charge in [0, 0.05) is 9.79 Å². The summed E-state index contributed by atoms with van der Waals surface area (Å²) in [4.78, 5) is 3.27.